The van der Waals surface area contributed by atoms with Crippen molar-refractivity contribution in [1.29, 1.82) is 0 Å². The van der Waals surface area contributed by atoms with Gasteiger partial charge in [0.2, 0.25) is 0 Å². The summed E-state index contributed by atoms with van der Waals surface area (Å²) >= 11 is 0. The van der Waals surface area contributed by atoms with E-state index in [0.29, 0.717) is 12.5 Å². The molecule has 0 radical (unpaired) electrons. The quantitative estimate of drug-likeness (QED) is 0.856. The van der Waals surface area contributed by atoms with Crippen LogP contribution in [0.3, 0.4) is 0 Å². The molecule has 2 rings (SSSR count). The smallest absolute Gasteiger partial charge is 0.254 e. The Kier molecular flexibility index (Phi) is 4.13. The standard InChI is InChI=1S/C14H18FNO/c15-13-9-5-4-8-12(13)14(17)16-10-11-6-2-1-3-7-11/h4-5,8-9,11H,1-3,6-7,10H2,(H,16,17). The maximum Gasteiger partial charge on any atom is 0.254 e. The Hall–Kier alpha value is -1.38. The maximum atomic E-state index is 13.3. The number of amides is 1. The van der Waals surface area contributed by atoms with E-state index in [2.05, 4.69) is 5.32 Å². The molecule has 0 heterocycles. The molecule has 0 bridgehead atoms. The summed E-state index contributed by atoms with van der Waals surface area (Å²) in [5.74, 6) is -0.179. The van der Waals surface area contributed by atoms with Crippen LogP contribution < -0.4 is 5.32 Å². The minimum absolute atomic E-state index is 0.142. The van der Waals surface area contributed by atoms with E-state index >= 15 is 0 Å². The number of carbonyl (C=O) groups excluding carboxylic acids is 1. The Morgan fingerprint density at radius 1 is 1.24 bits per heavy atom. The van der Waals surface area contributed by atoms with E-state index in [4.69, 9.17) is 0 Å². The number of rotatable bonds is 3. The molecular formula is C14H18FNO. The highest BCUT2D eigenvalue weighted by molar-refractivity contribution is 5.94. The summed E-state index contributed by atoms with van der Waals surface area (Å²) < 4.78 is 13.3. The monoisotopic (exact) mass is 235 g/mol. The fourth-order valence-corrected chi connectivity index (χ4v) is 2.37. The van der Waals surface area contributed by atoms with Gasteiger partial charge in [0.15, 0.2) is 0 Å². The third-order valence-corrected chi connectivity index (χ3v) is 3.39. The van der Waals surface area contributed by atoms with Gasteiger partial charge in [-0.05, 0) is 30.9 Å². The highest BCUT2D eigenvalue weighted by Crippen LogP contribution is 2.22. The number of halogens is 1. The van der Waals surface area contributed by atoms with Gasteiger partial charge in [-0.3, -0.25) is 4.79 Å². The van der Waals surface area contributed by atoms with E-state index < -0.39 is 5.82 Å². The fraction of sp³-hybridized carbons (Fsp3) is 0.500. The lowest BCUT2D eigenvalue weighted by Crippen LogP contribution is -2.30. The van der Waals surface area contributed by atoms with Crippen LogP contribution in [0.1, 0.15) is 42.5 Å². The van der Waals surface area contributed by atoms with E-state index in [1.165, 1.54) is 44.2 Å². The first-order valence-electron chi connectivity index (χ1n) is 6.30. The fourth-order valence-electron chi connectivity index (χ4n) is 2.37. The lowest BCUT2D eigenvalue weighted by Gasteiger charge is -2.21. The van der Waals surface area contributed by atoms with Gasteiger partial charge in [-0.15, -0.1) is 0 Å². The minimum atomic E-state index is -0.450. The SMILES string of the molecule is O=C(NCC1CCCCC1)c1ccccc1F. The van der Waals surface area contributed by atoms with Gasteiger partial charge in [-0.2, -0.15) is 0 Å². The number of nitrogens with one attached hydrogen (secondary N) is 1. The van der Waals surface area contributed by atoms with Crippen LogP contribution in [0.15, 0.2) is 24.3 Å². The van der Waals surface area contributed by atoms with Crippen LogP contribution in [0.25, 0.3) is 0 Å². The molecular weight excluding hydrogens is 217 g/mol. The van der Waals surface area contributed by atoms with Crippen LogP contribution in [0.4, 0.5) is 4.39 Å². The first kappa shape index (κ1) is 12.1. The average Bonchev–Trinajstić information content (AvgIpc) is 2.38. The molecule has 92 valence electrons. The summed E-state index contributed by atoms with van der Waals surface area (Å²) in [6.07, 6.45) is 6.16. The van der Waals surface area contributed by atoms with Gasteiger partial charge in [0.05, 0.1) is 5.56 Å². The van der Waals surface area contributed by atoms with Gasteiger partial charge in [0, 0.05) is 6.54 Å². The van der Waals surface area contributed by atoms with Crippen molar-refractivity contribution in [2.75, 3.05) is 6.54 Å². The van der Waals surface area contributed by atoms with Gasteiger partial charge in [0.25, 0.3) is 5.91 Å². The van der Waals surface area contributed by atoms with Crippen molar-refractivity contribution in [1.82, 2.24) is 5.32 Å². The number of benzene rings is 1. The first-order valence-corrected chi connectivity index (χ1v) is 6.30. The first-order chi connectivity index (χ1) is 8.27. The van der Waals surface area contributed by atoms with Crippen LogP contribution in [-0.4, -0.2) is 12.5 Å². The van der Waals surface area contributed by atoms with Crippen molar-refractivity contribution >= 4 is 5.91 Å². The van der Waals surface area contributed by atoms with Crippen molar-refractivity contribution in [2.45, 2.75) is 32.1 Å². The summed E-state index contributed by atoms with van der Waals surface area (Å²) in [6, 6.07) is 6.10. The van der Waals surface area contributed by atoms with Gasteiger partial charge < -0.3 is 5.32 Å². The predicted molar refractivity (Wildman–Crippen MR) is 65.3 cm³/mol. The Labute approximate surface area is 101 Å². The second-order valence-corrected chi connectivity index (χ2v) is 4.69. The van der Waals surface area contributed by atoms with Gasteiger partial charge in [-0.1, -0.05) is 31.4 Å². The molecule has 1 aliphatic rings. The molecule has 2 nitrogen and oxygen atoms in total. The normalized spacial score (nSPS) is 16.8. The van der Waals surface area contributed by atoms with Gasteiger partial charge in [0.1, 0.15) is 5.82 Å². The molecule has 0 unspecified atom stereocenters. The second kappa shape index (κ2) is 5.80. The van der Waals surface area contributed by atoms with Crippen molar-refractivity contribution in [2.24, 2.45) is 5.92 Å². The molecule has 1 aromatic rings. The Bertz CT molecular complexity index is 386. The van der Waals surface area contributed by atoms with E-state index in [9.17, 15) is 9.18 Å². The largest absolute Gasteiger partial charge is 0.352 e. The molecule has 1 aliphatic carbocycles. The highest BCUT2D eigenvalue weighted by atomic mass is 19.1. The number of hydrogen-bond donors (Lipinski definition) is 1. The lowest BCUT2D eigenvalue weighted by molar-refractivity contribution is 0.0939. The van der Waals surface area contributed by atoms with Crippen molar-refractivity contribution in [3.05, 3.63) is 35.6 Å². The summed E-state index contributed by atoms with van der Waals surface area (Å²) in [7, 11) is 0. The molecule has 17 heavy (non-hydrogen) atoms. The van der Waals surface area contributed by atoms with Gasteiger partial charge >= 0.3 is 0 Å². The summed E-state index contributed by atoms with van der Waals surface area (Å²) in [5.41, 5.74) is 0.142. The molecule has 0 atom stereocenters. The van der Waals surface area contributed by atoms with Crippen LogP contribution >= 0.6 is 0 Å². The zero-order valence-corrected chi connectivity index (χ0v) is 9.92. The van der Waals surface area contributed by atoms with Crippen LogP contribution in [0.5, 0.6) is 0 Å². The topological polar surface area (TPSA) is 29.1 Å². The zero-order chi connectivity index (χ0) is 12.1. The summed E-state index contributed by atoms with van der Waals surface area (Å²) in [5, 5.41) is 2.83. The van der Waals surface area contributed by atoms with Crippen molar-refractivity contribution in [3.63, 3.8) is 0 Å². The number of carbonyl (C=O) groups is 1. The zero-order valence-electron chi connectivity index (χ0n) is 9.92. The second-order valence-electron chi connectivity index (χ2n) is 4.69. The Morgan fingerprint density at radius 3 is 2.65 bits per heavy atom. The van der Waals surface area contributed by atoms with Crippen molar-refractivity contribution < 1.29 is 9.18 Å². The molecule has 1 amide bonds. The average molecular weight is 235 g/mol. The Morgan fingerprint density at radius 2 is 1.94 bits per heavy atom. The molecule has 1 fully saturated rings. The van der Waals surface area contributed by atoms with E-state index in [-0.39, 0.29) is 11.5 Å². The molecule has 0 aliphatic heterocycles. The third-order valence-electron chi connectivity index (χ3n) is 3.39. The van der Waals surface area contributed by atoms with Crippen LogP contribution in [0, 0.1) is 11.7 Å². The maximum absolute atomic E-state index is 13.3. The van der Waals surface area contributed by atoms with Crippen molar-refractivity contribution in [3.8, 4) is 0 Å². The number of hydrogen-bond acceptors (Lipinski definition) is 1. The molecule has 1 saturated carbocycles. The molecule has 1 N–H and O–H groups in total. The highest BCUT2D eigenvalue weighted by Gasteiger charge is 2.16. The molecule has 0 aromatic heterocycles. The van der Waals surface area contributed by atoms with Crippen LogP contribution in [0.2, 0.25) is 0 Å². The third kappa shape index (κ3) is 3.29. The summed E-state index contributed by atoms with van der Waals surface area (Å²) in [6.45, 7) is 0.674. The molecule has 1 aromatic carbocycles. The van der Waals surface area contributed by atoms with Gasteiger partial charge in [-0.25, -0.2) is 4.39 Å². The predicted octanol–water partition coefficient (Wildman–Crippen LogP) is 3.14. The molecule has 0 spiro atoms. The lowest BCUT2D eigenvalue weighted by atomic mass is 9.89. The van der Waals surface area contributed by atoms with E-state index in [0.717, 1.165) is 0 Å². The Balaban J connectivity index is 1.87. The minimum Gasteiger partial charge on any atom is -0.352 e. The van der Waals surface area contributed by atoms with E-state index in [1.807, 2.05) is 0 Å². The molecule has 0 saturated heterocycles. The van der Waals surface area contributed by atoms with Crippen LogP contribution in [-0.2, 0) is 0 Å². The summed E-state index contributed by atoms with van der Waals surface area (Å²) in [4.78, 5) is 11.8. The van der Waals surface area contributed by atoms with E-state index in [1.54, 1.807) is 12.1 Å². The molecule has 3 heteroatoms.